The van der Waals surface area contributed by atoms with Crippen LogP contribution in [0.15, 0.2) is 36.4 Å². The molecule has 0 radical (unpaired) electrons. The zero-order valence-corrected chi connectivity index (χ0v) is 16.5. The van der Waals surface area contributed by atoms with Gasteiger partial charge in [-0.25, -0.2) is 0 Å². The predicted octanol–water partition coefficient (Wildman–Crippen LogP) is 4.54. The minimum absolute atomic E-state index is 0.0955. The number of nitro benzene ring substituents is 1. The maximum absolute atomic E-state index is 11.9. The smallest absolute Gasteiger partial charge is 0.308 e. The molecular formula is C17H14Cl3N3O5. The van der Waals surface area contributed by atoms with E-state index in [4.69, 9.17) is 39.5 Å². The van der Waals surface area contributed by atoms with Gasteiger partial charge in [0.1, 0.15) is 5.69 Å². The molecule has 0 bridgehead atoms. The summed E-state index contributed by atoms with van der Waals surface area (Å²) < 4.78 is 4.86. The van der Waals surface area contributed by atoms with Crippen molar-refractivity contribution in [3.8, 4) is 0 Å². The Morgan fingerprint density at radius 3 is 2.39 bits per heavy atom. The molecule has 0 unspecified atom stereocenters. The monoisotopic (exact) mass is 445 g/mol. The van der Waals surface area contributed by atoms with Crippen LogP contribution in [-0.4, -0.2) is 30.0 Å². The number of amides is 1. The highest BCUT2D eigenvalue weighted by Crippen LogP contribution is 2.33. The number of para-hydroxylation sites is 2. The van der Waals surface area contributed by atoms with Gasteiger partial charge < -0.3 is 15.4 Å². The summed E-state index contributed by atoms with van der Waals surface area (Å²) in [5.41, 5.74) is 0.337. The first kappa shape index (κ1) is 21.7. The van der Waals surface area contributed by atoms with Crippen molar-refractivity contribution in [1.82, 2.24) is 0 Å². The fourth-order valence-corrected chi connectivity index (χ4v) is 3.05. The van der Waals surface area contributed by atoms with Crippen molar-refractivity contribution >= 4 is 63.7 Å². The Hall–Kier alpha value is -2.55. The highest BCUT2D eigenvalue weighted by molar-refractivity contribution is 6.42. The number of hydrogen-bond acceptors (Lipinski definition) is 6. The fraction of sp³-hybridized carbons (Fsp3) is 0.176. The Kier molecular flexibility index (Phi) is 7.86. The van der Waals surface area contributed by atoms with Crippen LogP contribution in [0.3, 0.4) is 0 Å². The van der Waals surface area contributed by atoms with Crippen molar-refractivity contribution in [3.63, 3.8) is 0 Å². The third-order valence-corrected chi connectivity index (χ3v) is 4.20. The lowest BCUT2D eigenvalue weighted by Crippen LogP contribution is -2.22. The summed E-state index contributed by atoms with van der Waals surface area (Å²) in [7, 11) is 0. The summed E-state index contributed by atoms with van der Waals surface area (Å²) in [6, 6.07) is 8.85. The molecule has 0 aliphatic rings. The summed E-state index contributed by atoms with van der Waals surface area (Å²) in [5.74, 6) is -1.29. The maximum Gasteiger partial charge on any atom is 0.308 e. The van der Waals surface area contributed by atoms with Gasteiger partial charge in [0.05, 0.1) is 27.1 Å². The van der Waals surface area contributed by atoms with Crippen molar-refractivity contribution in [2.45, 2.75) is 6.42 Å². The van der Waals surface area contributed by atoms with E-state index in [-0.39, 0.29) is 40.1 Å². The Balaban J connectivity index is 1.79. The van der Waals surface area contributed by atoms with E-state index in [1.807, 2.05) is 0 Å². The number of halogens is 3. The first-order valence-corrected chi connectivity index (χ1v) is 8.98. The fourth-order valence-electron chi connectivity index (χ4n) is 2.14. The van der Waals surface area contributed by atoms with Gasteiger partial charge in [-0.15, -0.1) is 0 Å². The van der Waals surface area contributed by atoms with E-state index in [0.717, 1.165) is 0 Å². The average Bonchev–Trinajstić information content (AvgIpc) is 2.63. The number of carbonyl (C=O) groups excluding carboxylic acids is 2. The minimum Gasteiger partial charge on any atom is -0.456 e. The molecule has 0 spiro atoms. The van der Waals surface area contributed by atoms with Crippen LogP contribution >= 0.6 is 34.8 Å². The van der Waals surface area contributed by atoms with Crippen LogP contribution in [0.5, 0.6) is 0 Å². The molecule has 2 aromatic carbocycles. The van der Waals surface area contributed by atoms with Gasteiger partial charge in [-0.3, -0.25) is 19.7 Å². The van der Waals surface area contributed by atoms with Crippen LogP contribution < -0.4 is 10.6 Å². The molecule has 11 heteroatoms. The third kappa shape index (κ3) is 6.26. The number of carbonyl (C=O) groups is 2. The van der Waals surface area contributed by atoms with Gasteiger partial charge in [-0.05, 0) is 18.2 Å². The van der Waals surface area contributed by atoms with E-state index in [1.54, 1.807) is 6.07 Å². The third-order valence-electron chi connectivity index (χ3n) is 3.38. The average molecular weight is 447 g/mol. The molecule has 0 fully saturated rings. The summed E-state index contributed by atoms with van der Waals surface area (Å²) >= 11 is 17.7. The molecule has 2 aromatic rings. The highest BCUT2D eigenvalue weighted by Gasteiger charge is 2.14. The Labute approximate surface area is 174 Å². The summed E-state index contributed by atoms with van der Waals surface area (Å²) in [5, 5.41) is 16.7. The summed E-state index contributed by atoms with van der Waals surface area (Å²) in [6.45, 7) is -0.445. The molecule has 2 N–H and O–H groups in total. The lowest BCUT2D eigenvalue weighted by molar-refractivity contribution is -0.384. The first-order chi connectivity index (χ1) is 13.3. The van der Waals surface area contributed by atoms with Gasteiger partial charge in [-0.2, -0.15) is 0 Å². The normalized spacial score (nSPS) is 10.2. The molecule has 0 aromatic heterocycles. The van der Waals surface area contributed by atoms with Gasteiger partial charge in [0, 0.05) is 17.6 Å². The SMILES string of the molecule is O=C(COC(=O)CCNc1ccccc1[N+](=O)[O-])Nc1c(Cl)cc(Cl)cc1Cl. The highest BCUT2D eigenvalue weighted by atomic mass is 35.5. The number of nitrogens with zero attached hydrogens (tertiary/aromatic N) is 1. The van der Waals surface area contributed by atoms with Crippen LogP contribution in [0.25, 0.3) is 0 Å². The number of esters is 1. The van der Waals surface area contributed by atoms with E-state index in [2.05, 4.69) is 10.6 Å². The first-order valence-electron chi connectivity index (χ1n) is 7.85. The standard InChI is InChI=1S/C17H14Cl3N3O5/c18-10-7-11(19)17(12(20)8-10)22-15(24)9-28-16(25)5-6-21-13-3-1-2-4-14(13)23(26)27/h1-4,7-8,21H,5-6,9H2,(H,22,24). The van der Waals surface area contributed by atoms with Crippen molar-refractivity contribution in [2.75, 3.05) is 23.8 Å². The van der Waals surface area contributed by atoms with E-state index in [0.29, 0.717) is 5.02 Å². The van der Waals surface area contributed by atoms with Crippen LogP contribution in [0.2, 0.25) is 15.1 Å². The summed E-state index contributed by atoms with van der Waals surface area (Å²) in [4.78, 5) is 34.0. The Morgan fingerprint density at radius 1 is 1.11 bits per heavy atom. The van der Waals surface area contributed by atoms with E-state index in [1.165, 1.54) is 30.3 Å². The molecule has 0 heterocycles. The molecule has 0 aliphatic carbocycles. The number of ether oxygens (including phenoxy) is 1. The van der Waals surface area contributed by atoms with Crippen LogP contribution in [-0.2, 0) is 14.3 Å². The molecular weight excluding hydrogens is 433 g/mol. The van der Waals surface area contributed by atoms with Crippen LogP contribution in [0.1, 0.15) is 6.42 Å². The number of nitro groups is 1. The lowest BCUT2D eigenvalue weighted by atomic mass is 10.2. The van der Waals surface area contributed by atoms with Gasteiger partial charge in [0.2, 0.25) is 0 Å². The Morgan fingerprint density at radius 2 is 1.75 bits per heavy atom. The van der Waals surface area contributed by atoms with Gasteiger partial charge in [-0.1, -0.05) is 46.9 Å². The van der Waals surface area contributed by atoms with Gasteiger partial charge in [0.25, 0.3) is 11.6 Å². The van der Waals surface area contributed by atoms with Crippen molar-refractivity contribution in [3.05, 3.63) is 61.6 Å². The number of benzene rings is 2. The molecule has 0 atom stereocenters. The number of rotatable bonds is 8. The van der Waals surface area contributed by atoms with Gasteiger partial charge in [0.15, 0.2) is 6.61 Å². The topological polar surface area (TPSA) is 111 Å². The lowest BCUT2D eigenvalue weighted by Gasteiger charge is -2.10. The molecule has 1 amide bonds. The largest absolute Gasteiger partial charge is 0.456 e. The number of nitrogens with one attached hydrogen (secondary N) is 2. The molecule has 0 aliphatic heterocycles. The second kappa shape index (κ2) is 10.1. The minimum atomic E-state index is -0.658. The van der Waals surface area contributed by atoms with E-state index in [9.17, 15) is 19.7 Å². The van der Waals surface area contributed by atoms with E-state index >= 15 is 0 Å². The van der Waals surface area contributed by atoms with Crippen molar-refractivity contribution in [2.24, 2.45) is 0 Å². The summed E-state index contributed by atoms with van der Waals surface area (Å²) in [6.07, 6.45) is -0.0955. The molecule has 148 valence electrons. The predicted molar refractivity (Wildman–Crippen MR) is 107 cm³/mol. The maximum atomic E-state index is 11.9. The molecule has 0 saturated carbocycles. The van der Waals surface area contributed by atoms with Crippen LogP contribution in [0, 0.1) is 10.1 Å². The molecule has 28 heavy (non-hydrogen) atoms. The van der Waals surface area contributed by atoms with Crippen molar-refractivity contribution in [1.29, 1.82) is 0 Å². The van der Waals surface area contributed by atoms with Crippen LogP contribution in [0.4, 0.5) is 17.1 Å². The Bertz CT molecular complexity index is 884. The van der Waals surface area contributed by atoms with Crippen molar-refractivity contribution < 1.29 is 19.2 Å². The number of anilines is 2. The zero-order valence-electron chi connectivity index (χ0n) is 14.2. The second-order valence-electron chi connectivity index (χ2n) is 5.40. The van der Waals surface area contributed by atoms with E-state index < -0.39 is 23.4 Å². The zero-order chi connectivity index (χ0) is 20.7. The quantitative estimate of drug-likeness (QED) is 0.350. The molecule has 0 saturated heterocycles. The number of hydrogen-bond donors (Lipinski definition) is 2. The second-order valence-corrected chi connectivity index (χ2v) is 6.66. The molecule has 8 nitrogen and oxygen atoms in total. The van der Waals surface area contributed by atoms with Gasteiger partial charge >= 0.3 is 5.97 Å². The molecule has 2 rings (SSSR count).